The number of carbonyl (C=O) groups excluding carboxylic acids is 1. The molecular weight excluding hydrogens is 270 g/mol. The smallest absolute Gasteiger partial charge is 0.257 e. The van der Waals surface area contributed by atoms with Crippen LogP contribution in [-0.2, 0) is 6.54 Å². The van der Waals surface area contributed by atoms with Crippen LogP contribution in [0.5, 0.6) is 5.88 Å². The number of aromatic nitrogens is 2. The Morgan fingerprint density at radius 1 is 1.29 bits per heavy atom. The van der Waals surface area contributed by atoms with Crippen LogP contribution in [0, 0.1) is 0 Å². The van der Waals surface area contributed by atoms with Crippen molar-refractivity contribution in [1.82, 2.24) is 9.55 Å². The summed E-state index contributed by atoms with van der Waals surface area (Å²) in [4.78, 5) is 27.6. The molecule has 110 valence electrons. The highest BCUT2D eigenvalue weighted by Gasteiger charge is 2.08. The fraction of sp³-hybridized carbons (Fsp3) is 0.267. The minimum Gasteiger partial charge on any atom is -0.478 e. The third-order valence-electron chi connectivity index (χ3n) is 2.87. The molecule has 0 atom stereocenters. The molecule has 21 heavy (non-hydrogen) atoms. The maximum atomic E-state index is 12.1. The Labute approximate surface area is 122 Å². The first kappa shape index (κ1) is 14.8. The standard InChI is InChI=1S/C15H17N3O3/c1-3-18-10-12(6-8-14(18)19)17-15(20)11-5-7-13(16-9-11)21-4-2/h5-10H,3-4H2,1-2H3,(H,17,20). The van der Waals surface area contributed by atoms with Gasteiger partial charge in [-0.3, -0.25) is 9.59 Å². The molecule has 6 nitrogen and oxygen atoms in total. The molecule has 0 unspecified atom stereocenters. The number of hydrogen-bond acceptors (Lipinski definition) is 4. The molecular formula is C15H17N3O3. The number of hydrogen-bond donors (Lipinski definition) is 1. The van der Waals surface area contributed by atoms with E-state index in [1.165, 1.54) is 16.8 Å². The molecule has 0 aliphatic carbocycles. The van der Waals surface area contributed by atoms with Gasteiger partial charge in [0.2, 0.25) is 5.88 Å². The maximum absolute atomic E-state index is 12.1. The van der Waals surface area contributed by atoms with Crippen molar-refractivity contribution in [3.8, 4) is 5.88 Å². The molecule has 0 aliphatic heterocycles. The Balaban J connectivity index is 2.12. The molecule has 0 aromatic carbocycles. The third kappa shape index (κ3) is 3.68. The van der Waals surface area contributed by atoms with Crippen LogP contribution in [0.4, 0.5) is 5.69 Å². The van der Waals surface area contributed by atoms with Gasteiger partial charge in [-0.05, 0) is 26.0 Å². The number of ether oxygens (including phenoxy) is 1. The summed E-state index contributed by atoms with van der Waals surface area (Å²) in [6.07, 6.45) is 3.07. The highest BCUT2D eigenvalue weighted by atomic mass is 16.5. The zero-order valence-corrected chi connectivity index (χ0v) is 12.0. The molecule has 0 radical (unpaired) electrons. The van der Waals surface area contributed by atoms with E-state index in [9.17, 15) is 9.59 Å². The predicted octanol–water partition coefficient (Wildman–Crippen LogP) is 1.91. The number of rotatable bonds is 5. The molecule has 0 spiro atoms. The molecule has 0 saturated carbocycles. The summed E-state index contributed by atoms with van der Waals surface area (Å²) < 4.78 is 6.74. The summed E-state index contributed by atoms with van der Waals surface area (Å²) in [7, 11) is 0. The van der Waals surface area contributed by atoms with E-state index in [1.54, 1.807) is 24.4 Å². The van der Waals surface area contributed by atoms with Crippen molar-refractivity contribution in [2.24, 2.45) is 0 Å². The average molecular weight is 287 g/mol. The Kier molecular flexibility index (Phi) is 4.71. The monoisotopic (exact) mass is 287 g/mol. The van der Waals surface area contributed by atoms with Crippen LogP contribution in [0.1, 0.15) is 24.2 Å². The van der Waals surface area contributed by atoms with E-state index in [1.807, 2.05) is 13.8 Å². The van der Waals surface area contributed by atoms with Crippen LogP contribution in [0.2, 0.25) is 0 Å². The number of amides is 1. The SMILES string of the molecule is CCOc1ccc(C(=O)Nc2ccc(=O)n(CC)c2)cn1. The molecule has 0 fully saturated rings. The number of aryl methyl sites for hydroxylation is 1. The minimum atomic E-state index is -0.285. The molecule has 6 heteroatoms. The number of nitrogens with one attached hydrogen (secondary N) is 1. The largest absolute Gasteiger partial charge is 0.478 e. The van der Waals surface area contributed by atoms with E-state index in [4.69, 9.17) is 4.74 Å². The van der Waals surface area contributed by atoms with E-state index >= 15 is 0 Å². The minimum absolute atomic E-state index is 0.0989. The predicted molar refractivity (Wildman–Crippen MR) is 79.7 cm³/mol. The average Bonchev–Trinajstić information content (AvgIpc) is 2.50. The Hall–Kier alpha value is -2.63. The Morgan fingerprint density at radius 2 is 2.10 bits per heavy atom. The first-order valence-corrected chi connectivity index (χ1v) is 6.74. The number of anilines is 1. The fourth-order valence-corrected chi connectivity index (χ4v) is 1.80. The van der Waals surface area contributed by atoms with Crippen LogP contribution in [0.25, 0.3) is 0 Å². The van der Waals surface area contributed by atoms with Crippen molar-refractivity contribution in [3.63, 3.8) is 0 Å². The van der Waals surface area contributed by atoms with Crippen molar-refractivity contribution in [1.29, 1.82) is 0 Å². The summed E-state index contributed by atoms with van der Waals surface area (Å²) in [5.41, 5.74) is 0.890. The fourth-order valence-electron chi connectivity index (χ4n) is 1.80. The van der Waals surface area contributed by atoms with E-state index < -0.39 is 0 Å². The lowest BCUT2D eigenvalue weighted by atomic mass is 10.2. The Bertz CT molecular complexity index is 677. The Morgan fingerprint density at radius 3 is 2.71 bits per heavy atom. The first-order chi connectivity index (χ1) is 10.1. The highest BCUT2D eigenvalue weighted by Crippen LogP contribution is 2.10. The first-order valence-electron chi connectivity index (χ1n) is 6.74. The van der Waals surface area contributed by atoms with E-state index in [0.29, 0.717) is 30.3 Å². The third-order valence-corrected chi connectivity index (χ3v) is 2.87. The van der Waals surface area contributed by atoms with Crippen molar-refractivity contribution >= 4 is 11.6 Å². The topological polar surface area (TPSA) is 73.2 Å². The summed E-state index contributed by atoms with van der Waals surface area (Å²) in [5, 5.41) is 2.73. The number of pyridine rings is 2. The van der Waals surface area contributed by atoms with Gasteiger partial charge >= 0.3 is 0 Å². The van der Waals surface area contributed by atoms with Gasteiger partial charge in [-0.25, -0.2) is 4.98 Å². The molecule has 2 heterocycles. The molecule has 1 amide bonds. The number of carbonyl (C=O) groups is 1. The van der Waals surface area contributed by atoms with Gasteiger partial charge in [-0.1, -0.05) is 0 Å². The quantitative estimate of drug-likeness (QED) is 0.911. The van der Waals surface area contributed by atoms with Gasteiger partial charge in [0, 0.05) is 31.1 Å². The van der Waals surface area contributed by atoms with Crippen LogP contribution >= 0.6 is 0 Å². The van der Waals surface area contributed by atoms with E-state index in [2.05, 4.69) is 10.3 Å². The lowest BCUT2D eigenvalue weighted by molar-refractivity contribution is 0.102. The molecule has 0 bridgehead atoms. The van der Waals surface area contributed by atoms with Crippen molar-refractivity contribution in [2.45, 2.75) is 20.4 Å². The molecule has 0 saturated heterocycles. The van der Waals surface area contributed by atoms with Crippen LogP contribution in [-0.4, -0.2) is 22.1 Å². The summed E-state index contributed by atoms with van der Waals surface area (Å²) in [6.45, 7) is 4.80. The molecule has 0 aliphatic rings. The van der Waals surface area contributed by atoms with Crippen molar-refractivity contribution < 1.29 is 9.53 Å². The van der Waals surface area contributed by atoms with Gasteiger partial charge in [0.05, 0.1) is 17.9 Å². The molecule has 2 aromatic heterocycles. The zero-order valence-electron chi connectivity index (χ0n) is 12.0. The second-order valence-electron chi connectivity index (χ2n) is 4.31. The second-order valence-corrected chi connectivity index (χ2v) is 4.31. The van der Waals surface area contributed by atoms with E-state index in [-0.39, 0.29) is 11.5 Å². The highest BCUT2D eigenvalue weighted by molar-refractivity contribution is 6.03. The summed E-state index contributed by atoms with van der Waals surface area (Å²) in [6, 6.07) is 6.29. The lowest BCUT2D eigenvalue weighted by Crippen LogP contribution is -2.19. The van der Waals surface area contributed by atoms with Crippen molar-refractivity contribution in [2.75, 3.05) is 11.9 Å². The normalized spacial score (nSPS) is 10.2. The van der Waals surface area contributed by atoms with E-state index in [0.717, 1.165) is 0 Å². The van der Waals surface area contributed by atoms with Crippen LogP contribution in [0.3, 0.4) is 0 Å². The summed E-state index contributed by atoms with van der Waals surface area (Å²) in [5.74, 6) is 0.195. The van der Waals surface area contributed by atoms with Gasteiger partial charge in [-0.2, -0.15) is 0 Å². The van der Waals surface area contributed by atoms with Gasteiger partial charge < -0.3 is 14.6 Å². The molecule has 1 N–H and O–H groups in total. The summed E-state index contributed by atoms with van der Waals surface area (Å²) >= 11 is 0. The second kappa shape index (κ2) is 6.69. The van der Waals surface area contributed by atoms with Crippen LogP contribution < -0.4 is 15.6 Å². The number of nitrogens with zero attached hydrogens (tertiary/aromatic N) is 2. The van der Waals surface area contributed by atoms with Gasteiger partial charge in [0.25, 0.3) is 11.5 Å². The van der Waals surface area contributed by atoms with Gasteiger partial charge in [-0.15, -0.1) is 0 Å². The van der Waals surface area contributed by atoms with Gasteiger partial charge in [0.15, 0.2) is 0 Å². The maximum Gasteiger partial charge on any atom is 0.257 e. The van der Waals surface area contributed by atoms with Crippen LogP contribution in [0.15, 0.2) is 41.5 Å². The lowest BCUT2D eigenvalue weighted by Gasteiger charge is -2.08. The molecule has 2 aromatic rings. The zero-order chi connectivity index (χ0) is 15.2. The van der Waals surface area contributed by atoms with Crippen molar-refractivity contribution in [3.05, 3.63) is 52.6 Å². The van der Waals surface area contributed by atoms with Gasteiger partial charge in [0.1, 0.15) is 0 Å². The molecule has 2 rings (SSSR count).